The van der Waals surface area contributed by atoms with Crippen molar-refractivity contribution in [1.82, 2.24) is 9.88 Å². The third kappa shape index (κ3) is 2.74. The summed E-state index contributed by atoms with van der Waals surface area (Å²) in [6.07, 6.45) is 0.478. The molecule has 7 heteroatoms. The second kappa shape index (κ2) is 5.88. The van der Waals surface area contributed by atoms with Gasteiger partial charge in [0, 0.05) is 24.5 Å². The number of hydrogen-bond acceptors (Lipinski definition) is 2. The summed E-state index contributed by atoms with van der Waals surface area (Å²) in [4.78, 5) is 17.0. The predicted molar refractivity (Wildman–Crippen MR) is 91.0 cm³/mol. The number of hydrogen-bond donors (Lipinski definition) is 2. The summed E-state index contributed by atoms with van der Waals surface area (Å²) < 4.78 is 40.7. The minimum Gasteiger partial charge on any atom is -0.348 e. The number of fused-ring (bicyclic) bond motifs is 1. The van der Waals surface area contributed by atoms with E-state index < -0.39 is 17.2 Å². The molecule has 4 nitrogen and oxygen atoms in total. The highest BCUT2D eigenvalue weighted by atomic mass is 19.1. The average Bonchev–Trinajstić information content (AvgIpc) is 3.19. The standard InChI is InChI=1S/C19H16F3N3O/c20-13-3-1-2-12(8-13)19(23)4-5-25(10-19)18(26)16-7-11-6-14(21)9-15(22)17(11)24-16/h1-3,6-9,24H,4-5,10,23H2. The van der Waals surface area contributed by atoms with Crippen LogP contribution in [-0.2, 0) is 5.54 Å². The van der Waals surface area contributed by atoms with Gasteiger partial charge in [0.1, 0.15) is 23.1 Å². The Hall–Kier alpha value is -2.80. The number of halogens is 3. The molecule has 1 aliphatic heterocycles. The van der Waals surface area contributed by atoms with Gasteiger partial charge in [0.15, 0.2) is 0 Å². The molecule has 0 saturated carbocycles. The van der Waals surface area contributed by atoms with Gasteiger partial charge in [-0.15, -0.1) is 0 Å². The van der Waals surface area contributed by atoms with E-state index in [2.05, 4.69) is 4.98 Å². The van der Waals surface area contributed by atoms with E-state index in [1.54, 1.807) is 12.1 Å². The van der Waals surface area contributed by atoms with Crippen molar-refractivity contribution in [3.8, 4) is 0 Å². The molecule has 4 rings (SSSR count). The van der Waals surface area contributed by atoms with Crippen LogP contribution in [0.4, 0.5) is 13.2 Å². The first-order valence-corrected chi connectivity index (χ1v) is 8.18. The quantitative estimate of drug-likeness (QED) is 0.738. The van der Waals surface area contributed by atoms with E-state index in [1.165, 1.54) is 23.1 Å². The Morgan fingerprint density at radius 2 is 1.92 bits per heavy atom. The number of H-pyrrole nitrogens is 1. The predicted octanol–water partition coefficient (Wildman–Crippen LogP) is 3.29. The maximum atomic E-state index is 13.8. The molecule has 2 heterocycles. The highest BCUT2D eigenvalue weighted by Gasteiger charge is 2.38. The van der Waals surface area contributed by atoms with Crippen LogP contribution in [0, 0.1) is 17.5 Å². The smallest absolute Gasteiger partial charge is 0.270 e. The largest absolute Gasteiger partial charge is 0.348 e. The van der Waals surface area contributed by atoms with Crippen molar-refractivity contribution in [3.63, 3.8) is 0 Å². The van der Waals surface area contributed by atoms with Crippen LogP contribution in [0.3, 0.4) is 0 Å². The summed E-state index contributed by atoms with van der Waals surface area (Å²) in [7, 11) is 0. The number of carbonyl (C=O) groups is 1. The number of likely N-dealkylation sites (tertiary alicyclic amines) is 1. The van der Waals surface area contributed by atoms with Crippen LogP contribution in [0.1, 0.15) is 22.5 Å². The average molecular weight is 359 g/mol. The van der Waals surface area contributed by atoms with Crippen molar-refractivity contribution < 1.29 is 18.0 Å². The fourth-order valence-electron chi connectivity index (χ4n) is 3.49. The maximum Gasteiger partial charge on any atom is 0.270 e. The van der Waals surface area contributed by atoms with Crippen LogP contribution in [0.15, 0.2) is 42.5 Å². The van der Waals surface area contributed by atoms with Gasteiger partial charge in [-0.1, -0.05) is 12.1 Å². The van der Waals surface area contributed by atoms with E-state index in [4.69, 9.17) is 5.73 Å². The van der Waals surface area contributed by atoms with Crippen molar-refractivity contribution in [2.24, 2.45) is 5.73 Å². The van der Waals surface area contributed by atoms with Gasteiger partial charge >= 0.3 is 0 Å². The van der Waals surface area contributed by atoms with Gasteiger partial charge in [-0.2, -0.15) is 0 Å². The summed E-state index contributed by atoms with van der Waals surface area (Å²) in [6.45, 7) is 0.597. The lowest BCUT2D eigenvalue weighted by atomic mass is 9.90. The van der Waals surface area contributed by atoms with Crippen molar-refractivity contribution >= 4 is 16.8 Å². The highest BCUT2D eigenvalue weighted by molar-refractivity contribution is 5.98. The monoisotopic (exact) mass is 359 g/mol. The van der Waals surface area contributed by atoms with Gasteiger partial charge in [-0.3, -0.25) is 4.79 Å². The fourth-order valence-corrected chi connectivity index (χ4v) is 3.49. The molecule has 2 aromatic carbocycles. The van der Waals surface area contributed by atoms with Crippen molar-refractivity contribution in [2.75, 3.05) is 13.1 Å². The van der Waals surface area contributed by atoms with Crippen LogP contribution in [0.25, 0.3) is 10.9 Å². The van der Waals surface area contributed by atoms with Gasteiger partial charge < -0.3 is 15.6 Å². The maximum absolute atomic E-state index is 13.8. The number of nitrogens with zero attached hydrogens (tertiary/aromatic N) is 1. The van der Waals surface area contributed by atoms with E-state index >= 15 is 0 Å². The third-order valence-electron chi connectivity index (χ3n) is 4.86. The van der Waals surface area contributed by atoms with Gasteiger partial charge in [-0.25, -0.2) is 13.2 Å². The van der Waals surface area contributed by atoms with E-state index in [9.17, 15) is 18.0 Å². The Balaban J connectivity index is 1.61. The molecule has 3 N–H and O–H groups in total. The Morgan fingerprint density at radius 3 is 2.69 bits per heavy atom. The molecule has 1 atom stereocenters. The first kappa shape index (κ1) is 16.7. The van der Waals surface area contributed by atoms with Crippen molar-refractivity contribution in [3.05, 3.63) is 71.2 Å². The van der Waals surface area contributed by atoms with Crippen molar-refractivity contribution in [2.45, 2.75) is 12.0 Å². The molecule has 0 aliphatic carbocycles. The number of rotatable bonds is 2. The zero-order chi connectivity index (χ0) is 18.5. The SMILES string of the molecule is NC1(c2cccc(F)c2)CCN(C(=O)c2cc3cc(F)cc(F)c3[nH]2)C1. The van der Waals surface area contributed by atoms with Crippen LogP contribution < -0.4 is 5.73 Å². The second-order valence-corrected chi connectivity index (χ2v) is 6.68. The van der Waals surface area contributed by atoms with Crippen LogP contribution in [-0.4, -0.2) is 28.9 Å². The zero-order valence-electron chi connectivity index (χ0n) is 13.7. The van der Waals surface area contributed by atoms with Crippen LogP contribution >= 0.6 is 0 Å². The number of nitrogens with one attached hydrogen (secondary N) is 1. The van der Waals surface area contributed by atoms with E-state index in [0.717, 1.165) is 12.1 Å². The highest BCUT2D eigenvalue weighted by Crippen LogP contribution is 2.31. The minimum absolute atomic E-state index is 0.0816. The topological polar surface area (TPSA) is 62.1 Å². The van der Waals surface area contributed by atoms with Crippen LogP contribution in [0.5, 0.6) is 0 Å². The molecule has 1 saturated heterocycles. The number of amides is 1. The molecular weight excluding hydrogens is 343 g/mol. The molecule has 1 amide bonds. The minimum atomic E-state index is -0.846. The summed E-state index contributed by atoms with van der Waals surface area (Å²) >= 11 is 0. The lowest BCUT2D eigenvalue weighted by Crippen LogP contribution is -2.41. The Morgan fingerprint density at radius 1 is 1.12 bits per heavy atom. The lowest BCUT2D eigenvalue weighted by molar-refractivity contribution is 0.0779. The molecule has 1 aromatic heterocycles. The van der Waals surface area contributed by atoms with E-state index in [1.807, 2.05) is 0 Å². The Kier molecular flexibility index (Phi) is 3.77. The summed E-state index contributed by atoms with van der Waals surface area (Å²) in [5, 5.41) is 0.286. The second-order valence-electron chi connectivity index (χ2n) is 6.68. The molecular formula is C19H16F3N3O. The third-order valence-corrected chi connectivity index (χ3v) is 4.86. The number of carbonyl (C=O) groups excluding carboxylic acids is 1. The van der Waals surface area contributed by atoms with Crippen molar-refractivity contribution in [1.29, 1.82) is 0 Å². The molecule has 1 unspecified atom stereocenters. The van der Waals surface area contributed by atoms with Gasteiger partial charge in [0.25, 0.3) is 5.91 Å². The Labute approximate surface area is 147 Å². The van der Waals surface area contributed by atoms with Gasteiger partial charge in [-0.05, 0) is 36.2 Å². The molecule has 1 fully saturated rings. The van der Waals surface area contributed by atoms with Gasteiger partial charge in [0.05, 0.1) is 11.1 Å². The van der Waals surface area contributed by atoms with E-state index in [0.29, 0.717) is 18.5 Å². The lowest BCUT2D eigenvalue weighted by Gasteiger charge is -2.25. The number of nitrogens with two attached hydrogens (primary N) is 1. The molecule has 26 heavy (non-hydrogen) atoms. The number of aromatic amines is 1. The molecule has 0 spiro atoms. The molecule has 3 aromatic rings. The fraction of sp³-hybridized carbons (Fsp3) is 0.211. The summed E-state index contributed by atoms with van der Waals surface area (Å²) in [6, 6.07) is 9.37. The Bertz CT molecular complexity index is 1020. The van der Waals surface area contributed by atoms with E-state index in [-0.39, 0.29) is 34.9 Å². The molecule has 0 bridgehead atoms. The normalized spacial score (nSPS) is 20.1. The van der Waals surface area contributed by atoms with Gasteiger partial charge in [0.2, 0.25) is 0 Å². The first-order chi connectivity index (χ1) is 12.4. The number of benzene rings is 2. The zero-order valence-corrected chi connectivity index (χ0v) is 13.7. The molecule has 134 valence electrons. The molecule has 0 radical (unpaired) electrons. The first-order valence-electron chi connectivity index (χ1n) is 8.18. The van der Waals surface area contributed by atoms with Crippen LogP contribution in [0.2, 0.25) is 0 Å². The number of aromatic nitrogens is 1. The molecule has 1 aliphatic rings. The summed E-state index contributed by atoms with van der Waals surface area (Å²) in [5.74, 6) is -2.20. The summed E-state index contributed by atoms with van der Waals surface area (Å²) in [5.41, 5.74) is 6.41.